The molecule has 5 nitrogen and oxygen atoms in total. The number of ether oxygens (including phenoxy) is 1. The average molecular weight is 362 g/mol. The van der Waals surface area contributed by atoms with Crippen molar-refractivity contribution < 1.29 is 18.7 Å². The predicted molar refractivity (Wildman–Crippen MR) is 96.2 cm³/mol. The van der Waals surface area contributed by atoms with Crippen LogP contribution in [0.1, 0.15) is 37.7 Å². The highest BCUT2D eigenvalue weighted by Crippen LogP contribution is 2.26. The van der Waals surface area contributed by atoms with E-state index in [0.29, 0.717) is 38.4 Å². The number of hydrogen-bond donors (Lipinski definition) is 0. The third kappa shape index (κ3) is 4.17. The van der Waals surface area contributed by atoms with Crippen LogP contribution in [0.3, 0.4) is 0 Å². The Labute approximate surface area is 154 Å². The van der Waals surface area contributed by atoms with Crippen LogP contribution in [0, 0.1) is 11.7 Å². The van der Waals surface area contributed by atoms with Gasteiger partial charge >= 0.3 is 6.09 Å². The molecule has 2 amide bonds. The molecule has 0 N–H and O–H groups in total. The molecule has 2 aliphatic heterocycles. The Morgan fingerprint density at radius 2 is 1.85 bits per heavy atom. The maximum absolute atomic E-state index is 13.8. The number of piperidine rings is 2. The lowest BCUT2D eigenvalue weighted by Crippen LogP contribution is -2.54. The van der Waals surface area contributed by atoms with Gasteiger partial charge in [0, 0.05) is 19.6 Å². The monoisotopic (exact) mass is 362 g/mol. The summed E-state index contributed by atoms with van der Waals surface area (Å²) in [5.41, 5.74) is 0.751. The number of hydrogen-bond acceptors (Lipinski definition) is 3. The van der Waals surface area contributed by atoms with Crippen LogP contribution in [0.2, 0.25) is 0 Å². The number of nitrogens with zero attached hydrogens (tertiary/aromatic N) is 2. The molecule has 1 aromatic rings. The Kier molecular flexibility index (Phi) is 6.12. The van der Waals surface area contributed by atoms with Crippen LogP contribution in [0.15, 0.2) is 24.3 Å². The first kappa shape index (κ1) is 18.7. The van der Waals surface area contributed by atoms with Crippen LogP contribution in [-0.4, -0.2) is 54.6 Å². The second kappa shape index (κ2) is 8.52. The minimum atomic E-state index is -0.419. The maximum atomic E-state index is 13.8. The molecule has 0 radical (unpaired) electrons. The van der Waals surface area contributed by atoms with Crippen molar-refractivity contribution in [1.29, 1.82) is 0 Å². The van der Waals surface area contributed by atoms with Gasteiger partial charge in [0.1, 0.15) is 11.9 Å². The quantitative estimate of drug-likeness (QED) is 0.829. The number of rotatable bonds is 3. The van der Waals surface area contributed by atoms with E-state index in [4.69, 9.17) is 4.74 Å². The Morgan fingerprint density at radius 3 is 2.54 bits per heavy atom. The molecule has 2 aliphatic rings. The van der Waals surface area contributed by atoms with Crippen LogP contribution in [-0.2, 0) is 16.0 Å². The normalized spacial score (nSPS) is 21.5. The molecule has 1 atom stereocenters. The maximum Gasteiger partial charge on any atom is 0.410 e. The zero-order chi connectivity index (χ0) is 18.5. The number of amides is 2. The highest BCUT2D eigenvalue weighted by atomic mass is 19.1. The van der Waals surface area contributed by atoms with Gasteiger partial charge in [-0.2, -0.15) is 0 Å². The van der Waals surface area contributed by atoms with Crippen molar-refractivity contribution in [2.75, 3.05) is 26.7 Å². The van der Waals surface area contributed by atoms with Crippen LogP contribution in [0.4, 0.5) is 9.18 Å². The SMILES string of the molecule is COC(=O)N1CCCCC1C(=O)N1CCC(Cc2ccccc2F)CC1. The van der Waals surface area contributed by atoms with Crippen LogP contribution in [0.5, 0.6) is 0 Å². The molecule has 0 bridgehead atoms. The molecule has 0 aliphatic carbocycles. The van der Waals surface area contributed by atoms with Gasteiger partial charge in [-0.05, 0) is 56.1 Å². The molecule has 3 rings (SSSR count). The fourth-order valence-corrected chi connectivity index (χ4v) is 4.07. The van der Waals surface area contributed by atoms with E-state index in [0.717, 1.165) is 31.2 Å². The van der Waals surface area contributed by atoms with Gasteiger partial charge in [0.15, 0.2) is 0 Å². The van der Waals surface area contributed by atoms with E-state index in [9.17, 15) is 14.0 Å². The highest BCUT2D eigenvalue weighted by Gasteiger charge is 2.36. The van der Waals surface area contributed by atoms with Crippen LogP contribution in [0.25, 0.3) is 0 Å². The first-order valence-electron chi connectivity index (χ1n) is 9.47. The number of carbonyl (C=O) groups is 2. The largest absolute Gasteiger partial charge is 0.453 e. The third-order valence-electron chi connectivity index (χ3n) is 5.59. The van der Waals surface area contributed by atoms with E-state index in [1.807, 2.05) is 17.0 Å². The molecular weight excluding hydrogens is 335 g/mol. The van der Waals surface area contributed by atoms with Gasteiger partial charge in [-0.25, -0.2) is 9.18 Å². The molecule has 142 valence electrons. The van der Waals surface area contributed by atoms with E-state index >= 15 is 0 Å². The first-order valence-corrected chi connectivity index (χ1v) is 9.47. The number of methoxy groups -OCH3 is 1. The van der Waals surface area contributed by atoms with Crippen molar-refractivity contribution in [2.24, 2.45) is 5.92 Å². The molecule has 0 saturated carbocycles. The fraction of sp³-hybridized carbons (Fsp3) is 0.600. The van der Waals surface area contributed by atoms with E-state index in [1.165, 1.54) is 13.2 Å². The Hall–Kier alpha value is -2.11. The lowest BCUT2D eigenvalue weighted by molar-refractivity contribution is -0.139. The van der Waals surface area contributed by atoms with Gasteiger partial charge in [0.25, 0.3) is 0 Å². The Morgan fingerprint density at radius 1 is 1.12 bits per heavy atom. The Balaban J connectivity index is 1.56. The van der Waals surface area contributed by atoms with Gasteiger partial charge in [-0.3, -0.25) is 9.69 Å². The summed E-state index contributed by atoms with van der Waals surface area (Å²) in [6.07, 6.45) is 4.58. The van der Waals surface area contributed by atoms with Crippen molar-refractivity contribution in [3.05, 3.63) is 35.6 Å². The smallest absolute Gasteiger partial charge is 0.410 e. The van der Waals surface area contributed by atoms with Crippen LogP contribution < -0.4 is 0 Å². The molecule has 1 aromatic carbocycles. The van der Waals surface area contributed by atoms with Gasteiger partial charge in [-0.15, -0.1) is 0 Å². The van der Waals surface area contributed by atoms with Crippen molar-refractivity contribution in [3.8, 4) is 0 Å². The number of benzene rings is 1. The van der Waals surface area contributed by atoms with E-state index in [-0.39, 0.29) is 11.7 Å². The van der Waals surface area contributed by atoms with Gasteiger partial charge in [0.05, 0.1) is 7.11 Å². The Bertz CT molecular complexity index is 644. The number of likely N-dealkylation sites (tertiary alicyclic amines) is 2. The van der Waals surface area contributed by atoms with E-state index < -0.39 is 12.1 Å². The van der Waals surface area contributed by atoms with Gasteiger partial charge < -0.3 is 9.64 Å². The first-order chi connectivity index (χ1) is 12.6. The minimum Gasteiger partial charge on any atom is -0.453 e. The molecule has 1 unspecified atom stereocenters. The van der Waals surface area contributed by atoms with Gasteiger partial charge in [-0.1, -0.05) is 18.2 Å². The summed E-state index contributed by atoms with van der Waals surface area (Å²) in [5, 5.41) is 0. The van der Waals surface area contributed by atoms with Crippen LogP contribution >= 0.6 is 0 Å². The summed E-state index contributed by atoms with van der Waals surface area (Å²) in [6.45, 7) is 1.92. The van der Waals surface area contributed by atoms with Gasteiger partial charge in [0.2, 0.25) is 5.91 Å². The molecule has 0 aromatic heterocycles. The summed E-state index contributed by atoms with van der Waals surface area (Å²) in [4.78, 5) is 28.3. The summed E-state index contributed by atoms with van der Waals surface area (Å²) < 4.78 is 18.7. The molecule has 2 heterocycles. The lowest BCUT2D eigenvalue weighted by Gasteiger charge is -2.39. The standard InChI is InChI=1S/C20H27FN2O3/c1-26-20(25)23-11-5-4-8-18(23)19(24)22-12-9-15(10-13-22)14-16-6-2-3-7-17(16)21/h2-3,6-7,15,18H,4-5,8-14H2,1H3. The number of carbonyl (C=O) groups excluding carboxylic acids is 2. The van der Waals surface area contributed by atoms with Crippen molar-refractivity contribution >= 4 is 12.0 Å². The summed E-state index contributed by atoms with van der Waals surface area (Å²) in [6, 6.07) is 6.50. The summed E-state index contributed by atoms with van der Waals surface area (Å²) in [7, 11) is 1.35. The fourth-order valence-electron chi connectivity index (χ4n) is 4.07. The predicted octanol–water partition coefficient (Wildman–Crippen LogP) is 3.23. The minimum absolute atomic E-state index is 0.0273. The summed E-state index contributed by atoms with van der Waals surface area (Å²) >= 11 is 0. The molecule has 2 fully saturated rings. The zero-order valence-corrected chi connectivity index (χ0v) is 15.3. The molecule has 2 saturated heterocycles. The second-order valence-electron chi connectivity index (χ2n) is 7.24. The molecule has 0 spiro atoms. The van der Waals surface area contributed by atoms with Crippen molar-refractivity contribution in [2.45, 2.75) is 44.6 Å². The van der Waals surface area contributed by atoms with Crippen molar-refractivity contribution in [3.63, 3.8) is 0 Å². The van der Waals surface area contributed by atoms with E-state index in [2.05, 4.69) is 0 Å². The topological polar surface area (TPSA) is 49.9 Å². The molecule has 26 heavy (non-hydrogen) atoms. The average Bonchev–Trinajstić information content (AvgIpc) is 2.69. The molecule has 6 heteroatoms. The zero-order valence-electron chi connectivity index (χ0n) is 15.3. The van der Waals surface area contributed by atoms with E-state index in [1.54, 1.807) is 11.0 Å². The third-order valence-corrected chi connectivity index (χ3v) is 5.59. The number of halogens is 1. The highest BCUT2D eigenvalue weighted by molar-refractivity contribution is 5.86. The van der Waals surface area contributed by atoms with Crippen molar-refractivity contribution in [1.82, 2.24) is 9.80 Å². The summed E-state index contributed by atoms with van der Waals surface area (Å²) in [5.74, 6) is 0.264. The lowest BCUT2D eigenvalue weighted by atomic mass is 9.89. The molecular formula is C20H27FN2O3. The second-order valence-corrected chi connectivity index (χ2v) is 7.24.